The first-order valence-corrected chi connectivity index (χ1v) is 11.8. The Morgan fingerprint density at radius 2 is 1.32 bits per heavy atom. The van der Waals surface area contributed by atoms with Crippen LogP contribution in [0.3, 0.4) is 0 Å². The van der Waals surface area contributed by atoms with E-state index in [-0.39, 0.29) is 10.4 Å². The normalized spacial score (nSPS) is 13.8. The maximum absolute atomic E-state index is 14.5. The third kappa shape index (κ3) is 4.58. The van der Waals surface area contributed by atoms with E-state index in [9.17, 15) is 4.79 Å². The molecule has 2 N–H and O–H groups in total. The van der Waals surface area contributed by atoms with Crippen LogP contribution in [0.4, 0.5) is 11.4 Å². The van der Waals surface area contributed by atoms with E-state index in [1.54, 1.807) is 0 Å². The molecule has 0 radical (unpaired) electrons. The Labute approximate surface area is 203 Å². The van der Waals surface area contributed by atoms with E-state index in [2.05, 4.69) is 63.2 Å². The van der Waals surface area contributed by atoms with Gasteiger partial charge in [0.05, 0.1) is 6.54 Å². The van der Waals surface area contributed by atoms with Gasteiger partial charge in [0.1, 0.15) is 17.4 Å². The molecule has 3 heteroatoms. The molecule has 4 rings (SSSR count). The number of carbonyl (C=O) groups excluding carboxylic acids is 1. The van der Waals surface area contributed by atoms with Gasteiger partial charge in [-0.15, -0.1) is 0 Å². The molecule has 0 aliphatic rings. The third-order valence-corrected chi connectivity index (χ3v) is 6.91. The lowest BCUT2D eigenvalue weighted by Gasteiger charge is -2.37. The van der Waals surface area contributed by atoms with Crippen molar-refractivity contribution in [3.8, 4) is 0 Å². The number of para-hydroxylation sites is 1. The van der Waals surface area contributed by atoms with Crippen LogP contribution in [0.25, 0.3) is 0 Å². The molecule has 0 bridgehead atoms. The summed E-state index contributed by atoms with van der Waals surface area (Å²) in [5, 5.41) is 0. The van der Waals surface area contributed by atoms with E-state index in [0.717, 1.165) is 28.9 Å². The van der Waals surface area contributed by atoms with Crippen molar-refractivity contribution in [3.05, 3.63) is 131 Å². The lowest BCUT2D eigenvalue weighted by Crippen LogP contribution is -2.55. The molecule has 0 fully saturated rings. The van der Waals surface area contributed by atoms with Gasteiger partial charge in [-0.2, -0.15) is 4.48 Å². The summed E-state index contributed by atoms with van der Waals surface area (Å²) in [6, 6.07) is 33.7. The number of amides is 1. The van der Waals surface area contributed by atoms with Crippen molar-refractivity contribution in [2.75, 3.05) is 6.54 Å². The summed E-state index contributed by atoms with van der Waals surface area (Å²) in [5.41, 5.74) is 14.2. The number of benzene rings is 4. The molecule has 0 aliphatic carbocycles. The highest BCUT2D eigenvalue weighted by Gasteiger charge is 2.45. The molecule has 4 aromatic carbocycles. The van der Waals surface area contributed by atoms with Crippen molar-refractivity contribution in [2.24, 2.45) is 5.73 Å². The van der Waals surface area contributed by atoms with E-state index in [0.29, 0.717) is 6.54 Å². The maximum atomic E-state index is 14.5. The van der Waals surface area contributed by atoms with Crippen LogP contribution in [0.15, 0.2) is 103 Å². The molecule has 172 valence electrons. The number of nitrogens with two attached hydrogens (primary N) is 1. The SMILES string of the molecule is Cc1ccc([N@@+](CCc2ccccc2C)(C(=O)C(N)c2ccccc2)c2ccccc2)cc1C. The number of hydrogen-bond donors (Lipinski definition) is 1. The van der Waals surface area contributed by atoms with Crippen molar-refractivity contribution in [1.82, 2.24) is 4.48 Å². The van der Waals surface area contributed by atoms with Crippen LogP contribution in [0.5, 0.6) is 0 Å². The number of rotatable bonds is 7. The second kappa shape index (κ2) is 10.2. The standard InChI is InChI=1S/C31H33N2O/c1-23-18-19-29(22-25(23)3)33(28-16-8-5-9-17-28,21-20-26-13-11-10-12-24(26)2)31(34)30(32)27-14-6-4-7-15-27/h4-19,22,30H,20-21,32H2,1-3H3/q+1/t30?,33-/m0/s1. The number of hydrogen-bond acceptors (Lipinski definition) is 2. The molecule has 2 atom stereocenters. The van der Waals surface area contributed by atoms with E-state index in [1.165, 1.54) is 16.7 Å². The van der Waals surface area contributed by atoms with Crippen molar-refractivity contribution >= 4 is 17.3 Å². The predicted molar refractivity (Wildman–Crippen MR) is 142 cm³/mol. The lowest BCUT2D eigenvalue weighted by molar-refractivity contribution is -0.129. The van der Waals surface area contributed by atoms with Crippen molar-refractivity contribution in [1.29, 1.82) is 0 Å². The van der Waals surface area contributed by atoms with Gasteiger partial charge in [0.15, 0.2) is 0 Å². The molecule has 0 heterocycles. The van der Waals surface area contributed by atoms with Crippen LogP contribution in [0, 0.1) is 20.8 Å². The molecule has 0 spiro atoms. The smallest absolute Gasteiger partial charge is 0.313 e. The highest BCUT2D eigenvalue weighted by molar-refractivity contribution is 5.99. The molecule has 1 unspecified atom stereocenters. The van der Waals surface area contributed by atoms with Gasteiger partial charge in [-0.05, 0) is 48.6 Å². The van der Waals surface area contributed by atoms with Crippen molar-refractivity contribution in [2.45, 2.75) is 33.2 Å². The Morgan fingerprint density at radius 3 is 1.97 bits per heavy atom. The predicted octanol–water partition coefficient (Wildman–Crippen LogP) is 6.72. The van der Waals surface area contributed by atoms with Crippen LogP contribution in [-0.2, 0) is 11.2 Å². The van der Waals surface area contributed by atoms with Crippen molar-refractivity contribution in [3.63, 3.8) is 0 Å². The van der Waals surface area contributed by atoms with E-state index >= 15 is 0 Å². The molecular formula is C31H33N2O+. The monoisotopic (exact) mass is 449 g/mol. The molecule has 0 aliphatic heterocycles. The summed E-state index contributed by atoms with van der Waals surface area (Å²) in [5.74, 6) is -0.0331. The minimum absolute atomic E-state index is 0.0331. The van der Waals surface area contributed by atoms with Gasteiger partial charge in [-0.3, -0.25) is 0 Å². The van der Waals surface area contributed by atoms with Crippen LogP contribution in [-0.4, -0.2) is 12.5 Å². The first-order chi connectivity index (χ1) is 16.4. The summed E-state index contributed by atoms with van der Waals surface area (Å²) >= 11 is 0. The molecule has 0 aromatic heterocycles. The van der Waals surface area contributed by atoms with Gasteiger partial charge in [0.25, 0.3) is 0 Å². The molecular weight excluding hydrogens is 416 g/mol. The van der Waals surface area contributed by atoms with Gasteiger partial charge in [0.2, 0.25) is 0 Å². The Hall–Kier alpha value is -3.53. The first kappa shape index (κ1) is 23.6. The summed E-state index contributed by atoms with van der Waals surface area (Å²) in [6.45, 7) is 6.90. The zero-order valence-corrected chi connectivity index (χ0v) is 20.2. The summed E-state index contributed by atoms with van der Waals surface area (Å²) in [4.78, 5) is 14.5. The Kier molecular flexibility index (Phi) is 7.06. The maximum Gasteiger partial charge on any atom is 0.345 e. The second-order valence-electron chi connectivity index (χ2n) is 9.04. The van der Waals surface area contributed by atoms with Crippen LogP contribution >= 0.6 is 0 Å². The van der Waals surface area contributed by atoms with Gasteiger partial charge >= 0.3 is 5.91 Å². The quantitative estimate of drug-likeness (QED) is 0.318. The zero-order valence-electron chi connectivity index (χ0n) is 20.2. The number of carbonyl (C=O) groups is 1. The average Bonchev–Trinajstić information content (AvgIpc) is 2.88. The Morgan fingerprint density at radius 1 is 0.706 bits per heavy atom. The summed E-state index contributed by atoms with van der Waals surface area (Å²) < 4.78 is 0.0619. The number of aryl methyl sites for hydroxylation is 3. The summed E-state index contributed by atoms with van der Waals surface area (Å²) in [7, 11) is 0. The van der Waals surface area contributed by atoms with Gasteiger partial charge in [-0.1, -0.05) is 78.9 Å². The molecule has 4 aromatic rings. The van der Waals surface area contributed by atoms with E-state index in [1.807, 2.05) is 60.7 Å². The number of nitrogens with zero attached hydrogens (tertiary/aromatic N) is 1. The van der Waals surface area contributed by atoms with Crippen LogP contribution in [0.2, 0.25) is 0 Å². The van der Waals surface area contributed by atoms with Gasteiger partial charge in [0, 0.05) is 30.7 Å². The van der Waals surface area contributed by atoms with Crippen molar-refractivity contribution < 1.29 is 4.79 Å². The largest absolute Gasteiger partial charge is 0.345 e. The lowest BCUT2D eigenvalue weighted by atomic mass is 9.98. The van der Waals surface area contributed by atoms with Crippen LogP contribution in [0.1, 0.15) is 33.9 Å². The van der Waals surface area contributed by atoms with Crippen LogP contribution < -0.4 is 10.2 Å². The Bertz CT molecular complexity index is 1270. The molecule has 0 saturated carbocycles. The molecule has 0 saturated heterocycles. The second-order valence-corrected chi connectivity index (χ2v) is 9.04. The third-order valence-electron chi connectivity index (χ3n) is 6.91. The molecule has 3 nitrogen and oxygen atoms in total. The molecule has 34 heavy (non-hydrogen) atoms. The molecule has 1 amide bonds. The Balaban J connectivity index is 1.91. The highest BCUT2D eigenvalue weighted by atomic mass is 16.2. The number of quaternary nitrogens is 1. The minimum Gasteiger partial charge on any atom is -0.313 e. The highest BCUT2D eigenvalue weighted by Crippen LogP contribution is 2.39. The summed E-state index contributed by atoms with van der Waals surface area (Å²) in [6.07, 6.45) is 0.752. The fourth-order valence-electron chi connectivity index (χ4n) is 4.64. The fraction of sp³-hybridized carbons (Fsp3) is 0.194. The van der Waals surface area contributed by atoms with Gasteiger partial charge < -0.3 is 5.73 Å². The zero-order chi connectivity index (χ0) is 24.1. The van der Waals surface area contributed by atoms with Gasteiger partial charge in [-0.25, -0.2) is 4.79 Å². The van der Waals surface area contributed by atoms with E-state index < -0.39 is 6.04 Å². The van der Waals surface area contributed by atoms with E-state index in [4.69, 9.17) is 5.73 Å². The average molecular weight is 450 g/mol. The first-order valence-electron chi connectivity index (χ1n) is 11.8. The topological polar surface area (TPSA) is 43.1 Å². The fourth-order valence-corrected chi connectivity index (χ4v) is 4.64. The minimum atomic E-state index is -0.750.